The minimum absolute atomic E-state index is 0.0266. The molecule has 1 atom stereocenters. The maximum Gasteiger partial charge on any atom is 0.287 e. The molecule has 1 aliphatic rings. The minimum atomic E-state index is -0.447. The maximum absolute atomic E-state index is 10.4. The van der Waals surface area contributed by atoms with Gasteiger partial charge in [0.15, 0.2) is 0 Å². The molecule has 5 nitrogen and oxygen atoms in total. The Morgan fingerprint density at radius 2 is 2.33 bits per heavy atom. The zero-order chi connectivity index (χ0) is 10.8. The topological polar surface area (TPSA) is 82.0 Å². The number of nitrogens with zero attached hydrogens (tertiary/aromatic N) is 2. The summed E-state index contributed by atoms with van der Waals surface area (Å²) in [7, 11) is 0. The highest BCUT2D eigenvalue weighted by atomic mass is 16.6. The third kappa shape index (κ3) is 2.50. The molecule has 2 rings (SSSR count). The number of hydrogen-bond donors (Lipinski definition) is 1. The summed E-state index contributed by atoms with van der Waals surface area (Å²) in [5.41, 5.74) is 6.79. The molecule has 1 saturated carbocycles. The lowest BCUT2D eigenvalue weighted by atomic mass is 10.1. The van der Waals surface area contributed by atoms with Crippen molar-refractivity contribution >= 4 is 5.69 Å². The highest BCUT2D eigenvalue weighted by Gasteiger charge is 2.28. The van der Waals surface area contributed by atoms with Crippen LogP contribution in [0.2, 0.25) is 0 Å². The fourth-order valence-electron chi connectivity index (χ4n) is 1.58. The van der Waals surface area contributed by atoms with Gasteiger partial charge in [0.25, 0.3) is 5.69 Å². The zero-order valence-electron chi connectivity index (χ0n) is 8.30. The first-order valence-corrected chi connectivity index (χ1v) is 5.01. The third-order valence-corrected chi connectivity index (χ3v) is 2.69. The van der Waals surface area contributed by atoms with E-state index in [1.165, 1.54) is 25.1 Å². The van der Waals surface area contributed by atoms with Crippen molar-refractivity contribution in [2.24, 2.45) is 11.7 Å². The first-order chi connectivity index (χ1) is 7.16. The molecule has 0 radical (unpaired) electrons. The van der Waals surface area contributed by atoms with Crippen LogP contribution in [0.3, 0.4) is 0 Å². The Morgan fingerprint density at radius 3 is 2.80 bits per heavy atom. The van der Waals surface area contributed by atoms with Gasteiger partial charge in [-0.1, -0.05) is 0 Å². The van der Waals surface area contributed by atoms with Gasteiger partial charge >= 0.3 is 0 Å². The van der Waals surface area contributed by atoms with Crippen LogP contribution in [-0.2, 0) is 6.42 Å². The van der Waals surface area contributed by atoms with Gasteiger partial charge in [-0.25, -0.2) is 0 Å². The van der Waals surface area contributed by atoms with Crippen molar-refractivity contribution in [3.63, 3.8) is 0 Å². The largest absolute Gasteiger partial charge is 0.327 e. The Balaban J connectivity index is 1.99. The third-order valence-electron chi connectivity index (χ3n) is 2.69. The SMILES string of the molecule is NC(Cc1ccc([N+](=O)[O-])cn1)C1CC1. The average molecular weight is 207 g/mol. The Hall–Kier alpha value is -1.49. The summed E-state index contributed by atoms with van der Waals surface area (Å²) in [5, 5.41) is 10.4. The van der Waals surface area contributed by atoms with Crippen molar-refractivity contribution in [1.82, 2.24) is 4.98 Å². The average Bonchev–Trinajstić information content (AvgIpc) is 3.01. The molecule has 80 valence electrons. The first-order valence-electron chi connectivity index (χ1n) is 5.01. The molecule has 0 spiro atoms. The Kier molecular flexibility index (Phi) is 2.64. The molecule has 0 bridgehead atoms. The van der Waals surface area contributed by atoms with E-state index in [1.54, 1.807) is 6.07 Å². The Morgan fingerprint density at radius 1 is 1.60 bits per heavy atom. The van der Waals surface area contributed by atoms with E-state index >= 15 is 0 Å². The lowest BCUT2D eigenvalue weighted by Gasteiger charge is -2.08. The fraction of sp³-hybridized carbons (Fsp3) is 0.500. The number of aromatic nitrogens is 1. The summed E-state index contributed by atoms with van der Waals surface area (Å²) in [6.45, 7) is 0. The Bertz CT molecular complexity index is 359. The van der Waals surface area contributed by atoms with Crippen molar-refractivity contribution in [1.29, 1.82) is 0 Å². The molecule has 2 N–H and O–H groups in total. The van der Waals surface area contributed by atoms with E-state index in [0.29, 0.717) is 12.3 Å². The van der Waals surface area contributed by atoms with E-state index in [4.69, 9.17) is 5.73 Å². The van der Waals surface area contributed by atoms with Crippen molar-refractivity contribution in [3.05, 3.63) is 34.1 Å². The molecule has 0 saturated heterocycles. The van der Waals surface area contributed by atoms with Gasteiger partial charge in [0.05, 0.1) is 4.92 Å². The van der Waals surface area contributed by atoms with Crippen molar-refractivity contribution < 1.29 is 4.92 Å². The second-order valence-corrected chi connectivity index (χ2v) is 3.97. The van der Waals surface area contributed by atoms with Crippen LogP contribution in [0.1, 0.15) is 18.5 Å². The molecule has 1 aromatic rings. The minimum Gasteiger partial charge on any atom is -0.327 e. The molecule has 1 heterocycles. The quantitative estimate of drug-likeness (QED) is 0.595. The van der Waals surface area contributed by atoms with E-state index in [0.717, 1.165) is 5.69 Å². The highest BCUT2D eigenvalue weighted by molar-refractivity contribution is 5.27. The van der Waals surface area contributed by atoms with E-state index < -0.39 is 4.92 Å². The van der Waals surface area contributed by atoms with Crippen molar-refractivity contribution in [2.75, 3.05) is 0 Å². The first kappa shape index (κ1) is 10.0. The van der Waals surface area contributed by atoms with Gasteiger partial charge < -0.3 is 5.73 Å². The van der Waals surface area contributed by atoms with E-state index in [2.05, 4.69) is 4.98 Å². The molecule has 0 aromatic carbocycles. The molecule has 15 heavy (non-hydrogen) atoms. The second kappa shape index (κ2) is 3.94. The van der Waals surface area contributed by atoms with Gasteiger partial charge in [0.2, 0.25) is 0 Å². The van der Waals surface area contributed by atoms with Gasteiger partial charge in [-0.15, -0.1) is 0 Å². The van der Waals surface area contributed by atoms with Crippen LogP contribution < -0.4 is 5.73 Å². The van der Waals surface area contributed by atoms with Crippen LogP contribution in [0, 0.1) is 16.0 Å². The maximum atomic E-state index is 10.4. The standard InChI is InChI=1S/C10H13N3O2/c11-10(7-1-2-7)5-8-3-4-9(6-12-8)13(14)15/h3-4,6-7,10H,1-2,5,11H2. The molecular formula is C10H13N3O2. The number of rotatable bonds is 4. The van der Waals surface area contributed by atoms with Gasteiger partial charge in [0, 0.05) is 24.2 Å². The molecule has 0 aliphatic heterocycles. The van der Waals surface area contributed by atoms with E-state index in [-0.39, 0.29) is 11.7 Å². The molecule has 1 aromatic heterocycles. The summed E-state index contributed by atoms with van der Waals surface area (Å²) >= 11 is 0. The monoisotopic (exact) mass is 207 g/mol. The Labute approximate surface area is 87.5 Å². The fourth-order valence-corrected chi connectivity index (χ4v) is 1.58. The number of pyridine rings is 1. The second-order valence-electron chi connectivity index (χ2n) is 3.97. The summed E-state index contributed by atoms with van der Waals surface area (Å²) in [6.07, 6.45) is 4.40. The van der Waals surface area contributed by atoms with Gasteiger partial charge in [-0.05, 0) is 24.8 Å². The predicted octanol–water partition coefficient (Wildman–Crippen LogP) is 1.27. The molecule has 5 heteroatoms. The normalized spacial score (nSPS) is 17.4. The van der Waals surface area contributed by atoms with Crippen LogP contribution in [0.25, 0.3) is 0 Å². The summed E-state index contributed by atoms with van der Waals surface area (Å²) < 4.78 is 0. The van der Waals surface area contributed by atoms with Crippen LogP contribution in [-0.4, -0.2) is 15.9 Å². The number of nitrogens with two attached hydrogens (primary N) is 1. The van der Waals surface area contributed by atoms with Gasteiger partial charge in [-0.3, -0.25) is 15.1 Å². The summed E-state index contributed by atoms with van der Waals surface area (Å²) in [5.74, 6) is 0.627. The molecule has 0 amide bonds. The summed E-state index contributed by atoms with van der Waals surface area (Å²) in [6, 6.07) is 3.31. The predicted molar refractivity (Wildman–Crippen MR) is 55.3 cm³/mol. The zero-order valence-corrected chi connectivity index (χ0v) is 8.30. The summed E-state index contributed by atoms with van der Waals surface area (Å²) in [4.78, 5) is 14.0. The number of nitro groups is 1. The highest BCUT2D eigenvalue weighted by Crippen LogP contribution is 2.32. The molecule has 1 fully saturated rings. The van der Waals surface area contributed by atoms with Crippen LogP contribution >= 0.6 is 0 Å². The van der Waals surface area contributed by atoms with Crippen LogP contribution in [0.15, 0.2) is 18.3 Å². The number of hydrogen-bond acceptors (Lipinski definition) is 4. The lowest BCUT2D eigenvalue weighted by molar-refractivity contribution is -0.385. The van der Waals surface area contributed by atoms with Gasteiger partial charge in [-0.2, -0.15) is 0 Å². The van der Waals surface area contributed by atoms with E-state index in [1.807, 2.05) is 0 Å². The van der Waals surface area contributed by atoms with E-state index in [9.17, 15) is 10.1 Å². The smallest absolute Gasteiger partial charge is 0.287 e. The molecule has 1 aliphatic carbocycles. The van der Waals surface area contributed by atoms with Crippen LogP contribution in [0.5, 0.6) is 0 Å². The van der Waals surface area contributed by atoms with Crippen LogP contribution in [0.4, 0.5) is 5.69 Å². The molecule has 1 unspecified atom stereocenters. The van der Waals surface area contributed by atoms with Crippen molar-refractivity contribution in [2.45, 2.75) is 25.3 Å². The van der Waals surface area contributed by atoms with Gasteiger partial charge in [0.1, 0.15) is 6.20 Å². The van der Waals surface area contributed by atoms with Crippen molar-refractivity contribution in [3.8, 4) is 0 Å². The molecular weight excluding hydrogens is 194 g/mol. The lowest BCUT2D eigenvalue weighted by Crippen LogP contribution is -2.25.